The first-order valence-electron chi connectivity index (χ1n) is 7.76. The van der Waals surface area contributed by atoms with E-state index in [1.165, 1.54) is 38.5 Å². The molecule has 2 N–H and O–H groups in total. The van der Waals surface area contributed by atoms with Gasteiger partial charge in [-0.05, 0) is 75.0 Å². The minimum atomic E-state index is -0.219. The van der Waals surface area contributed by atoms with E-state index in [0.29, 0.717) is 12.3 Å². The van der Waals surface area contributed by atoms with E-state index in [-0.39, 0.29) is 10.8 Å². The standard InChI is InChI=1S/C16H27NO/c1-3-16(10-17,11(2)18)15-7-12-4-13(8-15)6-14(5-12)9-15/h12-14H,3-10,17H2,1-2H3. The van der Waals surface area contributed by atoms with Crippen molar-refractivity contribution in [2.75, 3.05) is 6.54 Å². The van der Waals surface area contributed by atoms with Gasteiger partial charge in [-0.15, -0.1) is 0 Å². The quantitative estimate of drug-likeness (QED) is 0.831. The first kappa shape index (κ1) is 12.7. The smallest absolute Gasteiger partial charge is 0.137 e. The SMILES string of the molecule is CCC(CN)(C(C)=O)C12CC3CC(CC(C3)C1)C2. The fourth-order valence-corrected chi connectivity index (χ4v) is 6.20. The van der Waals surface area contributed by atoms with Crippen molar-refractivity contribution in [1.82, 2.24) is 0 Å². The zero-order chi connectivity index (χ0) is 13.0. The molecule has 0 aromatic heterocycles. The first-order valence-corrected chi connectivity index (χ1v) is 7.76. The van der Waals surface area contributed by atoms with Crippen molar-refractivity contribution in [3.8, 4) is 0 Å². The van der Waals surface area contributed by atoms with Gasteiger partial charge in [0.15, 0.2) is 0 Å². The van der Waals surface area contributed by atoms with Gasteiger partial charge in [-0.2, -0.15) is 0 Å². The van der Waals surface area contributed by atoms with E-state index in [1.807, 2.05) is 0 Å². The van der Waals surface area contributed by atoms with Crippen molar-refractivity contribution >= 4 is 5.78 Å². The summed E-state index contributed by atoms with van der Waals surface area (Å²) in [5.41, 5.74) is 6.16. The van der Waals surface area contributed by atoms with Gasteiger partial charge in [0.1, 0.15) is 5.78 Å². The molecule has 0 aliphatic heterocycles. The van der Waals surface area contributed by atoms with Crippen molar-refractivity contribution in [3.63, 3.8) is 0 Å². The van der Waals surface area contributed by atoms with Crippen LogP contribution in [-0.4, -0.2) is 12.3 Å². The van der Waals surface area contributed by atoms with Crippen LogP contribution in [0.4, 0.5) is 0 Å². The van der Waals surface area contributed by atoms with E-state index in [1.54, 1.807) is 6.92 Å². The fraction of sp³-hybridized carbons (Fsp3) is 0.938. The number of nitrogens with two attached hydrogens (primary N) is 1. The van der Waals surface area contributed by atoms with Crippen molar-refractivity contribution in [2.45, 2.75) is 58.8 Å². The fourth-order valence-electron chi connectivity index (χ4n) is 6.20. The molecule has 0 aromatic carbocycles. The van der Waals surface area contributed by atoms with Crippen LogP contribution in [-0.2, 0) is 4.79 Å². The van der Waals surface area contributed by atoms with Gasteiger partial charge in [0.25, 0.3) is 0 Å². The molecule has 0 heterocycles. The molecule has 18 heavy (non-hydrogen) atoms. The number of hydrogen-bond donors (Lipinski definition) is 1. The van der Waals surface area contributed by atoms with E-state index in [0.717, 1.165) is 24.2 Å². The second-order valence-corrected chi connectivity index (χ2v) is 7.39. The third-order valence-electron chi connectivity index (χ3n) is 6.68. The van der Waals surface area contributed by atoms with Gasteiger partial charge in [-0.25, -0.2) is 0 Å². The molecule has 102 valence electrons. The Morgan fingerprint density at radius 2 is 1.61 bits per heavy atom. The lowest BCUT2D eigenvalue weighted by Crippen LogP contribution is -2.59. The molecule has 2 nitrogen and oxygen atoms in total. The minimum absolute atomic E-state index is 0.219. The van der Waals surface area contributed by atoms with Gasteiger partial charge in [-0.1, -0.05) is 6.92 Å². The summed E-state index contributed by atoms with van der Waals surface area (Å²) in [5.74, 6) is 3.05. The number of hydrogen-bond acceptors (Lipinski definition) is 2. The van der Waals surface area contributed by atoms with Crippen LogP contribution in [0.15, 0.2) is 0 Å². The molecule has 0 spiro atoms. The Labute approximate surface area is 111 Å². The molecule has 4 aliphatic rings. The Bertz CT molecular complexity index is 321. The predicted molar refractivity (Wildman–Crippen MR) is 73.1 cm³/mol. The Hall–Kier alpha value is -0.370. The van der Waals surface area contributed by atoms with Crippen LogP contribution >= 0.6 is 0 Å². The van der Waals surface area contributed by atoms with E-state index in [9.17, 15) is 4.79 Å². The predicted octanol–water partition coefficient (Wildman–Crippen LogP) is 3.15. The van der Waals surface area contributed by atoms with Crippen molar-refractivity contribution in [1.29, 1.82) is 0 Å². The molecule has 4 rings (SSSR count). The van der Waals surface area contributed by atoms with Gasteiger partial charge < -0.3 is 5.73 Å². The molecule has 0 amide bonds. The maximum Gasteiger partial charge on any atom is 0.137 e. The highest BCUT2D eigenvalue weighted by atomic mass is 16.1. The Morgan fingerprint density at radius 3 is 1.89 bits per heavy atom. The van der Waals surface area contributed by atoms with Crippen LogP contribution in [0.25, 0.3) is 0 Å². The maximum absolute atomic E-state index is 12.4. The molecule has 4 saturated carbocycles. The van der Waals surface area contributed by atoms with Crippen LogP contribution in [0.2, 0.25) is 0 Å². The summed E-state index contributed by atoms with van der Waals surface area (Å²) in [4.78, 5) is 12.4. The molecule has 2 heteroatoms. The van der Waals surface area contributed by atoms with Crippen molar-refractivity contribution < 1.29 is 4.79 Å². The van der Waals surface area contributed by atoms with E-state index < -0.39 is 0 Å². The Balaban J connectivity index is 2.01. The second kappa shape index (κ2) is 4.06. The first-order chi connectivity index (χ1) is 8.55. The van der Waals surface area contributed by atoms with Crippen LogP contribution in [0.3, 0.4) is 0 Å². The maximum atomic E-state index is 12.4. The molecule has 0 saturated heterocycles. The molecule has 4 bridgehead atoms. The van der Waals surface area contributed by atoms with Crippen LogP contribution in [0, 0.1) is 28.6 Å². The number of Topliss-reactive ketones (excluding diaryl/α,β-unsaturated/α-hetero) is 1. The van der Waals surface area contributed by atoms with E-state index in [4.69, 9.17) is 5.73 Å². The average molecular weight is 249 g/mol. The lowest BCUT2D eigenvalue weighted by molar-refractivity contribution is -0.158. The molecule has 4 fully saturated rings. The van der Waals surface area contributed by atoms with Crippen LogP contribution in [0.5, 0.6) is 0 Å². The zero-order valence-electron chi connectivity index (χ0n) is 11.9. The van der Waals surface area contributed by atoms with Gasteiger partial charge in [0, 0.05) is 12.0 Å². The average Bonchev–Trinajstić information content (AvgIpc) is 2.28. The van der Waals surface area contributed by atoms with Gasteiger partial charge in [0.05, 0.1) is 0 Å². The normalized spacial score (nSPS) is 44.9. The topological polar surface area (TPSA) is 43.1 Å². The second-order valence-electron chi connectivity index (χ2n) is 7.39. The number of carbonyl (C=O) groups is 1. The van der Waals surface area contributed by atoms with E-state index >= 15 is 0 Å². The molecular weight excluding hydrogens is 222 g/mol. The summed E-state index contributed by atoms with van der Waals surface area (Å²) in [5, 5.41) is 0. The number of ketones is 1. The highest BCUT2D eigenvalue weighted by Gasteiger charge is 2.60. The number of rotatable bonds is 4. The largest absolute Gasteiger partial charge is 0.329 e. The monoisotopic (exact) mass is 249 g/mol. The lowest BCUT2D eigenvalue weighted by Gasteiger charge is -2.63. The molecule has 0 radical (unpaired) electrons. The van der Waals surface area contributed by atoms with Crippen LogP contribution in [0.1, 0.15) is 58.8 Å². The molecule has 0 aromatic rings. The highest BCUT2D eigenvalue weighted by Crippen LogP contribution is 2.66. The third kappa shape index (κ3) is 1.47. The summed E-state index contributed by atoms with van der Waals surface area (Å²) in [6, 6.07) is 0. The van der Waals surface area contributed by atoms with Gasteiger partial charge >= 0.3 is 0 Å². The highest BCUT2D eigenvalue weighted by molar-refractivity contribution is 5.83. The molecule has 1 unspecified atom stereocenters. The summed E-state index contributed by atoms with van der Waals surface area (Å²) in [7, 11) is 0. The lowest BCUT2D eigenvalue weighted by atomic mass is 9.41. The molecule has 1 atom stereocenters. The summed E-state index contributed by atoms with van der Waals surface area (Å²) in [6.45, 7) is 4.52. The minimum Gasteiger partial charge on any atom is -0.329 e. The van der Waals surface area contributed by atoms with Gasteiger partial charge in [-0.3, -0.25) is 4.79 Å². The summed E-state index contributed by atoms with van der Waals surface area (Å²) in [6.07, 6.45) is 9.08. The summed E-state index contributed by atoms with van der Waals surface area (Å²) < 4.78 is 0. The third-order valence-corrected chi connectivity index (χ3v) is 6.68. The molecular formula is C16H27NO. The summed E-state index contributed by atoms with van der Waals surface area (Å²) >= 11 is 0. The van der Waals surface area contributed by atoms with Crippen molar-refractivity contribution in [2.24, 2.45) is 34.3 Å². The van der Waals surface area contributed by atoms with Crippen molar-refractivity contribution in [3.05, 3.63) is 0 Å². The van der Waals surface area contributed by atoms with Gasteiger partial charge in [0.2, 0.25) is 0 Å². The Morgan fingerprint density at radius 1 is 1.17 bits per heavy atom. The molecule has 4 aliphatic carbocycles. The number of carbonyl (C=O) groups excluding carboxylic acids is 1. The Kier molecular flexibility index (Phi) is 2.85. The zero-order valence-corrected chi connectivity index (χ0v) is 11.9. The van der Waals surface area contributed by atoms with Crippen LogP contribution < -0.4 is 5.73 Å². The van der Waals surface area contributed by atoms with E-state index in [2.05, 4.69) is 6.92 Å².